The molecule has 0 aromatic carbocycles. The zero-order chi connectivity index (χ0) is 10.5. The van der Waals surface area contributed by atoms with Gasteiger partial charge in [-0.2, -0.15) is 5.10 Å². The lowest BCUT2D eigenvalue weighted by Gasteiger charge is -2.24. The first kappa shape index (κ1) is 12.9. The number of hydrogen-bond acceptors (Lipinski definition) is 3. The van der Waals surface area contributed by atoms with E-state index in [-0.39, 0.29) is 18.3 Å². The van der Waals surface area contributed by atoms with Crippen molar-refractivity contribution < 1.29 is 4.79 Å². The van der Waals surface area contributed by atoms with Crippen LogP contribution in [0.3, 0.4) is 0 Å². The number of carbonyl (C=O) groups is 1. The van der Waals surface area contributed by atoms with Gasteiger partial charge in [-0.25, -0.2) is 0 Å². The average molecular weight is 242 g/mol. The molecule has 1 aromatic heterocycles. The summed E-state index contributed by atoms with van der Waals surface area (Å²) in [6, 6.07) is 3.39. The molecule has 16 heavy (non-hydrogen) atoms. The molecule has 1 amide bonds. The fraction of sp³-hybridized carbons (Fsp3) is 0.545. The largest absolute Gasteiger partial charge is 0.351 e. The second kappa shape index (κ2) is 6.43. The summed E-state index contributed by atoms with van der Waals surface area (Å²) in [6.45, 7) is 0.750. The summed E-state index contributed by atoms with van der Waals surface area (Å²) >= 11 is 0. The minimum Gasteiger partial charge on any atom is -0.351 e. The van der Waals surface area contributed by atoms with E-state index in [9.17, 15) is 4.79 Å². The summed E-state index contributed by atoms with van der Waals surface area (Å²) in [5.74, 6) is 0.703. The molecule has 0 spiro atoms. The molecule has 0 radical (unpaired) electrons. The first-order valence-corrected chi connectivity index (χ1v) is 5.42. The van der Waals surface area contributed by atoms with Gasteiger partial charge in [0, 0.05) is 12.7 Å². The Labute approximate surface area is 101 Å². The summed E-state index contributed by atoms with van der Waals surface area (Å²) in [5.41, 5.74) is 0.395. The van der Waals surface area contributed by atoms with Gasteiger partial charge < -0.3 is 5.32 Å². The van der Waals surface area contributed by atoms with Crippen LogP contribution >= 0.6 is 12.4 Å². The topological polar surface area (TPSA) is 54.9 Å². The number of nitrogens with one attached hydrogen (secondary N) is 1. The van der Waals surface area contributed by atoms with Gasteiger partial charge >= 0.3 is 0 Å². The summed E-state index contributed by atoms with van der Waals surface area (Å²) in [6.07, 6.45) is 6.64. The summed E-state index contributed by atoms with van der Waals surface area (Å²) in [5, 5.41) is 10.3. The van der Waals surface area contributed by atoms with Gasteiger partial charge in [0.25, 0.3) is 5.91 Å². The third-order valence-corrected chi connectivity index (χ3v) is 2.87. The standard InChI is InChI=1S/C11H15N3O.ClH/c15-11(10-5-2-7-13-14-10)12-8-6-9-3-1-4-9;/h2,5,7,9H,1,3-4,6,8H2,(H,12,15);1H. The molecular formula is C11H16ClN3O. The number of amides is 1. The summed E-state index contributed by atoms with van der Waals surface area (Å²) in [4.78, 5) is 11.5. The van der Waals surface area contributed by atoms with Crippen LogP contribution < -0.4 is 5.32 Å². The van der Waals surface area contributed by atoms with Crippen molar-refractivity contribution in [3.63, 3.8) is 0 Å². The molecular weight excluding hydrogens is 226 g/mol. The highest BCUT2D eigenvalue weighted by molar-refractivity contribution is 5.91. The number of hydrogen-bond donors (Lipinski definition) is 1. The first-order valence-electron chi connectivity index (χ1n) is 5.42. The maximum atomic E-state index is 11.5. The Morgan fingerprint density at radius 1 is 1.50 bits per heavy atom. The predicted molar refractivity (Wildman–Crippen MR) is 63.6 cm³/mol. The van der Waals surface area contributed by atoms with Crippen molar-refractivity contribution in [1.29, 1.82) is 0 Å². The second-order valence-electron chi connectivity index (χ2n) is 3.95. The molecule has 0 bridgehead atoms. The van der Waals surface area contributed by atoms with Gasteiger partial charge in [-0.3, -0.25) is 4.79 Å². The molecule has 0 aliphatic heterocycles. The Kier molecular flexibility index (Phi) is 5.19. The van der Waals surface area contributed by atoms with Crippen molar-refractivity contribution >= 4 is 18.3 Å². The van der Waals surface area contributed by atoms with E-state index in [1.54, 1.807) is 18.3 Å². The Bertz CT molecular complexity index is 327. The van der Waals surface area contributed by atoms with Crippen LogP contribution in [0.2, 0.25) is 0 Å². The minimum atomic E-state index is -0.123. The molecule has 1 aliphatic carbocycles. The van der Waals surface area contributed by atoms with Gasteiger partial charge in [0.15, 0.2) is 5.69 Å². The molecule has 1 aromatic rings. The molecule has 2 rings (SSSR count). The molecule has 1 heterocycles. The lowest BCUT2D eigenvalue weighted by Crippen LogP contribution is -2.28. The van der Waals surface area contributed by atoms with Crippen molar-refractivity contribution in [2.24, 2.45) is 5.92 Å². The van der Waals surface area contributed by atoms with E-state index >= 15 is 0 Å². The lowest BCUT2D eigenvalue weighted by molar-refractivity contribution is 0.0943. The van der Waals surface area contributed by atoms with E-state index in [1.807, 2.05) is 0 Å². The Balaban J connectivity index is 0.00000128. The SMILES string of the molecule is Cl.O=C(NCCC1CCC1)c1cccnn1. The summed E-state index contributed by atoms with van der Waals surface area (Å²) in [7, 11) is 0. The molecule has 0 atom stereocenters. The van der Waals surface area contributed by atoms with Gasteiger partial charge in [-0.05, 0) is 24.5 Å². The number of carbonyl (C=O) groups excluding carboxylic acids is 1. The van der Waals surface area contributed by atoms with E-state index in [0.717, 1.165) is 18.9 Å². The van der Waals surface area contributed by atoms with Crippen molar-refractivity contribution in [1.82, 2.24) is 15.5 Å². The fourth-order valence-electron chi connectivity index (χ4n) is 1.68. The van der Waals surface area contributed by atoms with Crippen molar-refractivity contribution in [2.75, 3.05) is 6.54 Å². The van der Waals surface area contributed by atoms with Crippen LogP contribution in [0.15, 0.2) is 18.3 Å². The zero-order valence-corrected chi connectivity index (χ0v) is 9.87. The van der Waals surface area contributed by atoms with E-state index in [1.165, 1.54) is 19.3 Å². The maximum absolute atomic E-state index is 11.5. The highest BCUT2D eigenvalue weighted by atomic mass is 35.5. The van der Waals surface area contributed by atoms with Crippen LogP contribution in [-0.2, 0) is 0 Å². The van der Waals surface area contributed by atoms with E-state index in [2.05, 4.69) is 15.5 Å². The molecule has 1 N–H and O–H groups in total. The number of aromatic nitrogens is 2. The van der Waals surface area contributed by atoms with Crippen LogP contribution in [0, 0.1) is 5.92 Å². The lowest BCUT2D eigenvalue weighted by atomic mass is 9.83. The molecule has 0 unspecified atom stereocenters. The van der Waals surface area contributed by atoms with Crippen LogP contribution in [0.25, 0.3) is 0 Å². The van der Waals surface area contributed by atoms with Gasteiger partial charge in [0.05, 0.1) is 0 Å². The molecule has 5 heteroatoms. The minimum absolute atomic E-state index is 0. The number of halogens is 1. The third kappa shape index (κ3) is 3.45. The third-order valence-electron chi connectivity index (χ3n) is 2.87. The molecule has 0 saturated heterocycles. The number of nitrogens with zero attached hydrogens (tertiary/aromatic N) is 2. The average Bonchev–Trinajstić information content (AvgIpc) is 2.23. The molecule has 1 fully saturated rings. The molecule has 4 nitrogen and oxygen atoms in total. The van der Waals surface area contributed by atoms with Crippen molar-refractivity contribution in [2.45, 2.75) is 25.7 Å². The first-order chi connectivity index (χ1) is 7.36. The molecule has 1 saturated carbocycles. The highest BCUT2D eigenvalue weighted by Gasteiger charge is 2.17. The second-order valence-corrected chi connectivity index (χ2v) is 3.95. The zero-order valence-electron chi connectivity index (χ0n) is 9.06. The maximum Gasteiger partial charge on any atom is 0.271 e. The Hall–Kier alpha value is -1.16. The fourth-order valence-corrected chi connectivity index (χ4v) is 1.68. The van der Waals surface area contributed by atoms with Gasteiger partial charge in [-0.15, -0.1) is 17.5 Å². The van der Waals surface area contributed by atoms with E-state index in [4.69, 9.17) is 0 Å². The van der Waals surface area contributed by atoms with Crippen molar-refractivity contribution in [3.05, 3.63) is 24.0 Å². The quantitative estimate of drug-likeness (QED) is 0.875. The smallest absolute Gasteiger partial charge is 0.271 e. The van der Waals surface area contributed by atoms with Gasteiger partial charge in [0.1, 0.15) is 0 Å². The van der Waals surface area contributed by atoms with Crippen LogP contribution in [0.5, 0.6) is 0 Å². The Morgan fingerprint density at radius 2 is 2.31 bits per heavy atom. The molecule has 88 valence electrons. The monoisotopic (exact) mass is 241 g/mol. The predicted octanol–water partition coefficient (Wildman–Crippen LogP) is 1.82. The van der Waals surface area contributed by atoms with Gasteiger partial charge in [-0.1, -0.05) is 19.3 Å². The highest BCUT2D eigenvalue weighted by Crippen LogP contribution is 2.28. The summed E-state index contributed by atoms with van der Waals surface area (Å²) < 4.78 is 0. The number of rotatable bonds is 4. The van der Waals surface area contributed by atoms with E-state index in [0.29, 0.717) is 5.69 Å². The van der Waals surface area contributed by atoms with Gasteiger partial charge in [0.2, 0.25) is 0 Å². The molecule has 1 aliphatic rings. The van der Waals surface area contributed by atoms with Crippen LogP contribution in [-0.4, -0.2) is 22.6 Å². The van der Waals surface area contributed by atoms with Crippen LogP contribution in [0.4, 0.5) is 0 Å². The van der Waals surface area contributed by atoms with Crippen molar-refractivity contribution in [3.8, 4) is 0 Å². The Morgan fingerprint density at radius 3 is 2.88 bits per heavy atom. The van der Waals surface area contributed by atoms with Crippen LogP contribution in [0.1, 0.15) is 36.2 Å². The normalized spacial score (nSPS) is 14.8. The van der Waals surface area contributed by atoms with E-state index < -0.39 is 0 Å².